The number of hydrogen-bond donors (Lipinski definition) is 2. The van der Waals surface area contributed by atoms with Gasteiger partial charge < -0.3 is 0 Å². The second-order valence-corrected chi connectivity index (χ2v) is 9.96. The van der Waals surface area contributed by atoms with Gasteiger partial charge >= 0.3 is 0 Å². The number of piperidine rings is 1. The van der Waals surface area contributed by atoms with Crippen LogP contribution in [0.2, 0.25) is 0 Å². The molecule has 0 atom stereocenters. The molecule has 2 amide bonds. The molecule has 0 unspecified atom stereocenters. The van der Waals surface area contributed by atoms with Crippen molar-refractivity contribution < 1.29 is 18.0 Å². The highest BCUT2D eigenvalue weighted by atomic mass is 32.2. The minimum atomic E-state index is -3.61. The quantitative estimate of drug-likeness (QED) is 0.696. The fourth-order valence-corrected chi connectivity index (χ4v) is 5.72. The highest BCUT2D eigenvalue weighted by molar-refractivity contribution is 7.89. The molecule has 2 N–H and O–H groups in total. The molecular weight excluding hydrogens is 412 g/mol. The molecule has 2 aromatic heterocycles. The Hall–Kier alpha value is -2.30. The summed E-state index contributed by atoms with van der Waals surface area (Å²) in [6.45, 7) is 4.47. The van der Waals surface area contributed by atoms with Crippen LogP contribution in [0.5, 0.6) is 0 Å². The third-order valence-electron chi connectivity index (χ3n) is 4.96. The Labute approximate surface area is 174 Å². The van der Waals surface area contributed by atoms with Crippen LogP contribution in [0.3, 0.4) is 0 Å². The maximum absolute atomic E-state index is 12.6. The lowest BCUT2D eigenvalue weighted by Gasteiger charge is -2.30. The van der Waals surface area contributed by atoms with Crippen molar-refractivity contribution in [1.82, 2.24) is 20.1 Å². The first-order valence-corrected chi connectivity index (χ1v) is 11.7. The predicted molar refractivity (Wildman–Crippen MR) is 110 cm³/mol. The zero-order valence-electron chi connectivity index (χ0n) is 16.3. The number of hydrazine groups is 1. The molecule has 10 heteroatoms. The molecule has 1 aliphatic rings. The van der Waals surface area contributed by atoms with Gasteiger partial charge in [-0.1, -0.05) is 6.92 Å². The number of amides is 2. The van der Waals surface area contributed by atoms with Gasteiger partial charge in [0.05, 0.1) is 4.88 Å². The van der Waals surface area contributed by atoms with Crippen LogP contribution in [0.25, 0.3) is 0 Å². The van der Waals surface area contributed by atoms with E-state index in [2.05, 4.69) is 15.8 Å². The minimum absolute atomic E-state index is 0.146. The molecule has 1 fully saturated rings. The Morgan fingerprint density at radius 2 is 2.00 bits per heavy atom. The summed E-state index contributed by atoms with van der Waals surface area (Å²) in [6.07, 6.45) is 4.47. The fraction of sp³-hybridized carbons (Fsp3) is 0.421. The minimum Gasteiger partial charge on any atom is -0.273 e. The number of nitrogens with zero attached hydrogens (tertiary/aromatic N) is 2. The first-order valence-electron chi connectivity index (χ1n) is 9.42. The average Bonchev–Trinajstić information content (AvgIpc) is 3.13. The summed E-state index contributed by atoms with van der Waals surface area (Å²) < 4.78 is 26.6. The van der Waals surface area contributed by atoms with Gasteiger partial charge in [0.1, 0.15) is 4.90 Å². The summed E-state index contributed by atoms with van der Waals surface area (Å²) in [6, 6.07) is 4.90. The van der Waals surface area contributed by atoms with Gasteiger partial charge in [-0.3, -0.25) is 25.4 Å². The van der Waals surface area contributed by atoms with Crippen LogP contribution in [0, 0.1) is 12.8 Å². The Kier molecular flexibility index (Phi) is 6.66. The second-order valence-electron chi connectivity index (χ2n) is 6.88. The normalized spacial score (nSPS) is 15.8. The zero-order valence-corrected chi connectivity index (χ0v) is 18.0. The summed E-state index contributed by atoms with van der Waals surface area (Å²) in [5.41, 5.74) is 6.00. The third-order valence-corrected chi connectivity index (χ3v) is 8.22. The molecule has 3 rings (SSSR count). The van der Waals surface area contributed by atoms with Gasteiger partial charge in [-0.15, -0.1) is 11.3 Å². The van der Waals surface area contributed by atoms with Gasteiger partial charge in [0, 0.05) is 36.3 Å². The van der Waals surface area contributed by atoms with Gasteiger partial charge in [-0.05, 0) is 49.9 Å². The molecule has 2 aromatic rings. The number of carbonyl (C=O) groups excluding carboxylic acids is 2. The van der Waals surface area contributed by atoms with Gasteiger partial charge in [-0.25, -0.2) is 8.42 Å². The lowest BCUT2D eigenvalue weighted by atomic mass is 9.98. The van der Waals surface area contributed by atoms with Gasteiger partial charge in [0.15, 0.2) is 0 Å². The van der Waals surface area contributed by atoms with Crippen molar-refractivity contribution >= 4 is 33.2 Å². The van der Waals surface area contributed by atoms with Crippen LogP contribution in [-0.2, 0) is 21.2 Å². The number of hydrogen-bond acceptors (Lipinski definition) is 6. The highest BCUT2D eigenvalue weighted by Crippen LogP contribution is 2.24. The first-order chi connectivity index (χ1) is 13.8. The average molecular weight is 437 g/mol. The zero-order chi connectivity index (χ0) is 21.0. The largest absolute Gasteiger partial charge is 0.279 e. The number of carbonyl (C=O) groups is 2. The van der Waals surface area contributed by atoms with Crippen LogP contribution in [0.4, 0.5) is 0 Å². The molecule has 0 bridgehead atoms. The lowest BCUT2D eigenvalue weighted by molar-refractivity contribution is -0.126. The van der Waals surface area contributed by atoms with Crippen LogP contribution < -0.4 is 10.9 Å². The Balaban J connectivity index is 1.51. The molecule has 29 heavy (non-hydrogen) atoms. The molecule has 8 nitrogen and oxygen atoms in total. The van der Waals surface area contributed by atoms with E-state index in [1.807, 2.05) is 19.9 Å². The topological polar surface area (TPSA) is 108 Å². The van der Waals surface area contributed by atoms with E-state index in [1.54, 1.807) is 6.07 Å². The number of pyridine rings is 1. The maximum Gasteiger partial charge on any atom is 0.279 e. The van der Waals surface area contributed by atoms with Crippen LogP contribution in [0.1, 0.15) is 39.9 Å². The van der Waals surface area contributed by atoms with E-state index in [0.29, 0.717) is 17.7 Å². The van der Waals surface area contributed by atoms with E-state index < -0.39 is 10.0 Å². The first kappa shape index (κ1) is 21.4. The monoisotopic (exact) mass is 436 g/mol. The van der Waals surface area contributed by atoms with Gasteiger partial charge in [0.25, 0.3) is 5.91 Å². The summed E-state index contributed by atoms with van der Waals surface area (Å²) in [5, 5.41) is 0. The smallest absolute Gasteiger partial charge is 0.273 e. The third kappa shape index (κ3) is 4.82. The fourth-order valence-electron chi connectivity index (χ4n) is 3.27. The number of thiophene rings is 1. The Bertz CT molecular complexity index is 981. The van der Waals surface area contributed by atoms with E-state index in [9.17, 15) is 18.0 Å². The summed E-state index contributed by atoms with van der Waals surface area (Å²) in [4.78, 5) is 30.3. The second kappa shape index (κ2) is 9.02. The molecule has 3 heterocycles. The van der Waals surface area contributed by atoms with Crippen LogP contribution in [0.15, 0.2) is 35.5 Å². The highest BCUT2D eigenvalue weighted by Gasteiger charge is 2.32. The number of rotatable bonds is 5. The standard InChI is InChI=1S/C19H24N4O4S2/c1-3-16-13(2)11-17(28-16)19(25)22-21-18(24)14-6-9-23(10-7-14)29(26,27)15-5-4-8-20-12-15/h4-5,8,11-12,14H,3,6-7,9-10H2,1-2H3,(H,21,24)(H,22,25). The van der Waals surface area contributed by atoms with Crippen molar-refractivity contribution in [2.24, 2.45) is 5.92 Å². The van der Waals surface area contributed by atoms with Gasteiger partial charge in [-0.2, -0.15) is 4.31 Å². The molecule has 156 valence electrons. The number of nitrogens with one attached hydrogen (secondary N) is 2. The van der Waals surface area contributed by atoms with Crippen LogP contribution in [-0.4, -0.2) is 42.6 Å². The molecule has 1 saturated heterocycles. The van der Waals surface area contributed by atoms with E-state index in [-0.39, 0.29) is 35.7 Å². The lowest BCUT2D eigenvalue weighted by Crippen LogP contribution is -2.48. The van der Waals surface area contributed by atoms with Crippen molar-refractivity contribution in [3.8, 4) is 0 Å². The molecule has 0 saturated carbocycles. The molecule has 0 aliphatic carbocycles. The summed E-state index contributed by atoms with van der Waals surface area (Å²) in [7, 11) is -3.61. The van der Waals surface area contributed by atoms with Crippen molar-refractivity contribution in [3.63, 3.8) is 0 Å². The number of aromatic nitrogens is 1. The molecule has 0 aromatic carbocycles. The SMILES string of the molecule is CCc1sc(C(=O)NNC(=O)C2CCN(S(=O)(=O)c3cccnc3)CC2)cc1C. The van der Waals surface area contributed by atoms with Crippen LogP contribution >= 0.6 is 11.3 Å². The van der Waals surface area contributed by atoms with E-state index >= 15 is 0 Å². The van der Waals surface area contributed by atoms with E-state index in [0.717, 1.165) is 16.9 Å². The number of aryl methyl sites for hydroxylation is 2. The van der Waals surface area contributed by atoms with Crippen molar-refractivity contribution in [1.29, 1.82) is 0 Å². The molecule has 0 radical (unpaired) electrons. The van der Waals surface area contributed by atoms with Crippen molar-refractivity contribution in [2.75, 3.05) is 13.1 Å². The van der Waals surface area contributed by atoms with Crippen molar-refractivity contribution in [2.45, 2.75) is 38.0 Å². The van der Waals surface area contributed by atoms with E-state index in [1.165, 1.54) is 34.1 Å². The Morgan fingerprint density at radius 1 is 1.28 bits per heavy atom. The maximum atomic E-state index is 12.6. The van der Waals surface area contributed by atoms with E-state index in [4.69, 9.17) is 0 Å². The molecule has 0 spiro atoms. The number of sulfonamides is 1. The molecule has 1 aliphatic heterocycles. The Morgan fingerprint density at radius 3 is 2.59 bits per heavy atom. The van der Waals surface area contributed by atoms with Gasteiger partial charge in [0.2, 0.25) is 15.9 Å². The summed E-state index contributed by atoms with van der Waals surface area (Å²) in [5.74, 6) is -1.00. The van der Waals surface area contributed by atoms with Crippen molar-refractivity contribution in [3.05, 3.63) is 45.9 Å². The predicted octanol–water partition coefficient (Wildman–Crippen LogP) is 1.88. The summed E-state index contributed by atoms with van der Waals surface area (Å²) >= 11 is 1.41. The molecular formula is C19H24N4O4S2.